The zero-order valence-electron chi connectivity index (χ0n) is 10.2. The van der Waals surface area contributed by atoms with E-state index in [-0.39, 0.29) is 12.2 Å². The van der Waals surface area contributed by atoms with E-state index in [9.17, 15) is 9.50 Å². The summed E-state index contributed by atoms with van der Waals surface area (Å²) in [6, 6.07) is 6.46. The van der Waals surface area contributed by atoms with Crippen molar-refractivity contribution in [3.8, 4) is 0 Å². The smallest absolute Gasteiger partial charge is 0.126 e. The lowest BCUT2D eigenvalue weighted by molar-refractivity contribution is 0.0473. The summed E-state index contributed by atoms with van der Waals surface area (Å²) in [6.45, 7) is 1.65. The Hall–Kier alpha value is -1.20. The molecule has 0 saturated carbocycles. The van der Waals surface area contributed by atoms with Gasteiger partial charge in [0, 0.05) is 13.5 Å². The molecule has 2 rings (SSSR count). The van der Waals surface area contributed by atoms with Gasteiger partial charge in [-0.1, -0.05) is 18.2 Å². The Morgan fingerprint density at radius 3 is 2.67 bits per heavy atom. The summed E-state index contributed by atoms with van der Waals surface area (Å²) in [5.74, 6) is -0.309. The molecule has 18 heavy (non-hydrogen) atoms. The first-order chi connectivity index (χ1) is 8.42. The molecule has 1 heterocycles. The molecule has 1 aromatic carbocycles. The molecule has 1 N–H and O–H groups in total. The third-order valence-electron chi connectivity index (χ3n) is 2.90. The first-order valence-electron chi connectivity index (χ1n) is 5.55. The highest BCUT2D eigenvalue weighted by atomic mass is 79.9. The first-order valence-corrected chi connectivity index (χ1v) is 6.35. The van der Waals surface area contributed by atoms with Gasteiger partial charge in [-0.15, -0.1) is 0 Å². The van der Waals surface area contributed by atoms with Crippen LogP contribution in [0.1, 0.15) is 18.2 Å². The zero-order valence-corrected chi connectivity index (χ0v) is 11.8. The van der Waals surface area contributed by atoms with Crippen LogP contribution in [-0.4, -0.2) is 14.9 Å². The minimum absolute atomic E-state index is 0.192. The average molecular weight is 313 g/mol. The minimum Gasteiger partial charge on any atom is -0.383 e. The topological polar surface area (TPSA) is 38.0 Å². The Labute approximate surface area is 113 Å². The predicted molar refractivity (Wildman–Crippen MR) is 70.6 cm³/mol. The van der Waals surface area contributed by atoms with Gasteiger partial charge < -0.3 is 5.11 Å². The van der Waals surface area contributed by atoms with Gasteiger partial charge in [-0.25, -0.2) is 4.39 Å². The Balaban J connectivity index is 2.36. The van der Waals surface area contributed by atoms with Crippen molar-refractivity contribution in [1.29, 1.82) is 0 Å². The number of hydrogen-bond donors (Lipinski definition) is 1. The van der Waals surface area contributed by atoms with Crippen LogP contribution in [0.3, 0.4) is 0 Å². The minimum atomic E-state index is -1.19. The lowest BCUT2D eigenvalue weighted by Crippen LogP contribution is -2.28. The van der Waals surface area contributed by atoms with E-state index in [1.165, 1.54) is 6.07 Å². The normalized spacial score (nSPS) is 14.5. The number of benzene rings is 1. The van der Waals surface area contributed by atoms with Gasteiger partial charge in [0.05, 0.1) is 16.4 Å². The zero-order chi connectivity index (χ0) is 13.3. The van der Waals surface area contributed by atoms with Crippen LogP contribution in [0.4, 0.5) is 4.39 Å². The number of aryl methyl sites for hydroxylation is 1. The number of rotatable bonds is 3. The summed E-state index contributed by atoms with van der Waals surface area (Å²) in [5.41, 5.74) is -0.0759. The molecule has 0 radical (unpaired) electrons. The molecule has 0 amide bonds. The second-order valence-corrected chi connectivity index (χ2v) is 5.36. The Kier molecular flexibility index (Phi) is 3.54. The van der Waals surface area contributed by atoms with E-state index >= 15 is 0 Å². The van der Waals surface area contributed by atoms with Crippen molar-refractivity contribution in [2.24, 2.45) is 7.05 Å². The van der Waals surface area contributed by atoms with E-state index in [0.29, 0.717) is 15.7 Å². The highest BCUT2D eigenvalue weighted by Crippen LogP contribution is 2.31. The number of aromatic nitrogens is 2. The van der Waals surface area contributed by atoms with Crippen LogP contribution in [-0.2, 0) is 19.1 Å². The summed E-state index contributed by atoms with van der Waals surface area (Å²) in [7, 11) is 1.75. The van der Waals surface area contributed by atoms with Gasteiger partial charge in [-0.05, 0) is 34.5 Å². The van der Waals surface area contributed by atoms with E-state index in [0.717, 1.165) is 0 Å². The van der Waals surface area contributed by atoms with Crippen LogP contribution in [0.25, 0.3) is 0 Å². The molecule has 3 nitrogen and oxygen atoms in total. The molecule has 0 fully saturated rings. The molecule has 0 spiro atoms. The van der Waals surface area contributed by atoms with Gasteiger partial charge in [-0.2, -0.15) is 5.10 Å². The van der Waals surface area contributed by atoms with E-state index in [4.69, 9.17) is 0 Å². The number of hydrogen-bond acceptors (Lipinski definition) is 2. The van der Waals surface area contributed by atoms with Crippen molar-refractivity contribution < 1.29 is 9.50 Å². The maximum Gasteiger partial charge on any atom is 0.126 e. The second-order valence-electron chi connectivity index (χ2n) is 4.51. The van der Waals surface area contributed by atoms with Gasteiger partial charge in [-0.3, -0.25) is 4.68 Å². The maximum absolute atomic E-state index is 13.6. The van der Waals surface area contributed by atoms with Gasteiger partial charge in [0.15, 0.2) is 0 Å². The molecule has 1 atom stereocenters. The lowest BCUT2D eigenvalue weighted by Gasteiger charge is -2.24. The van der Waals surface area contributed by atoms with Gasteiger partial charge in [0.2, 0.25) is 0 Å². The van der Waals surface area contributed by atoms with E-state index in [1.807, 2.05) is 0 Å². The standard InChI is InChI=1S/C13H14BrFN2O/c1-13(18,12-10(14)8-16-17(12)2)7-9-5-3-4-6-11(9)15/h3-6,8,18H,7H2,1-2H3. The van der Waals surface area contributed by atoms with Crippen LogP contribution >= 0.6 is 15.9 Å². The molecule has 0 aliphatic heterocycles. The van der Waals surface area contributed by atoms with Crippen molar-refractivity contribution in [2.45, 2.75) is 18.9 Å². The van der Waals surface area contributed by atoms with Crippen molar-refractivity contribution >= 4 is 15.9 Å². The van der Waals surface area contributed by atoms with Crippen LogP contribution < -0.4 is 0 Å². The Morgan fingerprint density at radius 2 is 2.11 bits per heavy atom. The summed E-state index contributed by atoms with van der Waals surface area (Å²) in [4.78, 5) is 0. The van der Waals surface area contributed by atoms with Crippen molar-refractivity contribution in [3.63, 3.8) is 0 Å². The van der Waals surface area contributed by atoms with Gasteiger partial charge in [0.25, 0.3) is 0 Å². The van der Waals surface area contributed by atoms with Crippen LogP contribution in [0.15, 0.2) is 34.9 Å². The molecule has 0 bridgehead atoms. The second kappa shape index (κ2) is 4.82. The Bertz CT molecular complexity index is 546. The molecular formula is C13H14BrFN2O. The van der Waals surface area contributed by atoms with E-state index < -0.39 is 5.60 Å². The highest BCUT2D eigenvalue weighted by Gasteiger charge is 2.30. The monoisotopic (exact) mass is 312 g/mol. The fourth-order valence-electron chi connectivity index (χ4n) is 2.11. The number of halogens is 2. The lowest BCUT2D eigenvalue weighted by atomic mass is 9.93. The predicted octanol–water partition coefficient (Wildman–Crippen LogP) is 2.77. The molecular weight excluding hydrogens is 299 g/mol. The maximum atomic E-state index is 13.6. The molecule has 0 aliphatic carbocycles. The van der Waals surface area contributed by atoms with E-state index in [1.54, 1.807) is 43.0 Å². The highest BCUT2D eigenvalue weighted by molar-refractivity contribution is 9.10. The van der Waals surface area contributed by atoms with Crippen molar-refractivity contribution in [1.82, 2.24) is 9.78 Å². The fourth-order valence-corrected chi connectivity index (χ4v) is 2.89. The first kappa shape index (κ1) is 13.2. The molecule has 5 heteroatoms. The van der Waals surface area contributed by atoms with Gasteiger partial charge >= 0.3 is 0 Å². The van der Waals surface area contributed by atoms with Crippen LogP contribution in [0.5, 0.6) is 0 Å². The fraction of sp³-hybridized carbons (Fsp3) is 0.308. The largest absolute Gasteiger partial charge is 0.383 e. The van der Waals surface area contributed by atoms with Crippen LogP contribution in [0.2, 0.25) is 0 Å². The third kappa shape index (κ3) is 2.47. The van der Waals surface area contributed by atoms with Crippen molar-refractivity contribution in [2.75, 3.05) is 0 Å². The molecule has 2 aromatic rings. The van der Waals surface area contributed by atoms with Crippen LogP contribution in [0, 0.1) is 5.82 Å². The number of aliphatic hydroxyl groups is 1. The summed E-state index contributed by atoms with van der Waals surface area (Å²) >= 11 is 3.35. The molecule has 1 unspecified atom stereocenters. The van der Waals surface area contributed by atoms with E-state index in [2.05, 4.69) is 21.0 Å². The van der Waals surface area contributed by atoms with Gasteiger partial charge in [0.1, 0.15) is 11.4 Å². The Morgan fingerprint density at radius 1 is 1.44 bits per heavy atom. The molecule has 1 aromatic heterocycles. The molecule has 96 valence electrons. The summed E-state index contributed by atoms with van der Waals surface area (Å²) < 4.78 is 15.9. The molecule has 0 aliphatic rings. The average Bonchev–Trinajstić information content (AvgIpc) is 2.62. The summed E-state index contributed by atoms with van der Waals surface area (Å²) in [6.07, 6.45) is 1.81. The molecule has 0 saturated heterocycles. The summed E-state index contributed by atoms with van der Waals surface area (Å²) in [5, 5.41) is 14.6. The number of nitrogens with zero attached hydrogens (tertiary/aromatic N) is 2. The van der Waals surface area contributed by atoms with Crippen molar-refractivity contribution in [3.05, 3.63) is 52.0 Å². The third-order valence-corrected chi connectivity index (χ3v) is 3.48. The quantitative estimate of drug-likeness (QED) is 0.946. The SMILES string of the molecule is Cn1ncc(Br)c1C(C)(O)Cc1ccccc1F.